The van der Waals surface area contributed by atoms with E-state index in [1.165, 1.54) is 24.7 Å². The summed E-state index contributed by atoms with van der Waals surface area (Å²) in [5, 5.41) is 4.05. The Morgan fingerprint density at radius 3 is 2.50 bits per heavy atom. The molecule has 0 aromatic heterocycles. The third-order valence-electron chi connectivity index (χ3n) is 8.73. The van der Waals surface area contributed by atoms with Gasteiger partial charge in [0.05, 0.1) is 19.1 Å². The van der Waals surface area contributed by atoms with Gasteiger partial charge >= 0.3 is 5.97 Å². The first kappa shape index (κ1) is 26.7. The van der Waals surface area contributed by atoms with E-state index < -0.39 is 0 Å². The third-order valence-corrected chi connectivity index (χ3v) is 8.73. The third kappa shape index (κ3) is 5.33. The number of carbonyl (C=O) groups is 2. The number of esters is 1. The van der Waals surface area contributed by atoms with E-state index in [1.54, 1.807) is 0 Å². The molecular weight excluding hydrogens is 428 g/mol. The highest BCUT2D eigenvalue weighted by atomic mass is 16.5. The second kappa shape index (κ2) is 11.7. The van der Waals surface area contributed by atoms with Crippen molar-refractivity contribution < 1.29 is 19.1 Å². The van der Waals surface area contributed by atoms with E-state index in [4.69, 9.17) is 15.2 Å². The molecule has 1 saturated carbocycles. The van der Waals surface area contributed by atoms with Gasteiger partial charge in [0.15, 0.2) is 0 Å². The summed E-state index contributed by atoms with van der Waals surface area (Å²) in [6.07, 6.45) is 9.04. The second-order valence-corrected chi connectivity index (χ2v) is 10.3. The number of carbonyl (C=O) groups excluding carboxylic acids is 2. The van der Waals surface area contributed by atoms with Crippen LogP contribution >= 0.6 is 0 Å². The molecule has 5 atom stereocenters. The van der Waals surface area contributed by atoms with E-state index in [-0.39, 0.29) is 35.4 Å². The van der Waals surface area contributed by atoms with Gasteiger partial charge in [0.25, 0.3) is 0 Å². The Balaban J connectivity index is 1.86. The molecule has 0 bridgehead atoms. The van der Waals surface area contributed by atoms with Crippen LogP contribution in [-0.2, 0) is 26.1 Å². The minimum atomic E-state index is -0.381. The van der Waals surface area contributed by atoms with Gasteiger partial charge in [-0.1, -0.05) is 39.7 Å². The van der Waals surface area contributed by atoms with Crippen molar-refractivity contribution in [3.63, 3.8) is 0 Å². The predicted molar refractivity (Wildman–Crippen MR) is 135 cm³/mol. The zero-order valence-electron chi connectivity index (χ0n) is 21.7. The first-order valence-corrected chi connectivity index (χ1v) is 13.1. The molecule has 1 aromatic carbocycles. The fourth-order valence-electron chi connectivity index (χ4n) is 6.70. The topological polar surface area (TPSA) is 90.6 Å². The molecule has 1 fully saturated rings. The molecule has 2 aliphatic rings. The molecule has 34 heavy (non-hydrogen) atoms. The number of rotatable bonds is 10. The summed E-state index contributed by atoms with van der Waals surface area (Å²) in [6, 6.07) is 6.46. The standard InChI is InChI=1S/C28H44N2O4/c1-6-19(27(32)34-5)14-18-10-9-11-22(15-18)30-25-24(33-4)17-20-12-13-21(26(29)31)16-23(20)28(25,7-2)8-3/h12-13,16,18-19,22,24-25,30H,6-11,14-15,17H2,1-5H3,(H2,29,31)/t18?,19?,22-,24-,25+/m0/s1. The second-order valence-electron chi connectivity index (χ2n) is 10.3. The highest BCUT2D eigenvalue weighted by Crippen LogP contribution is 2.45. The number of fused-ring (bicyclic) bond motifs is 1. The van der Waals surface area contributed by atoms with Crippen LogP contribution in [0.3, 0.4) is 0 Å². The van der Waals surface area contributed by atoms with Gasteiger partial charge in [-0.05, 0) is 67.7 Å². The Hall–Kier alpha value is -1.92. The molecule has 3 N–H and O–H groups in total. The van der Waals surface area contributed by atoms with Crippen LogP contribution in [-0.4, -0.2) is 44.3 Å². The van der Waals surface area contributed by atoms with Crippen molar-refractivity contribution in [2.45, 2.75) is 102 Å². The maximum Gasteiger partial charge on any atom is 0.308 e. The van der Waals surface area contributed by atoms with Crippen LogP contribution in [0.4, 0.5) is 0 Å². The van der Waals surface area contributed by atoms with E-state index in [0.29, 0.717) is 17.5 Å². The van der Waals surface area contributed by atoms with Gasteiger partial charge in [-0.25, -0.2) is 0 Å². The van der Waals surface area contributed by atoms with Gasteiger partial charge in [-0.2, -0.15) is 0 Å². The molecule has 2 aliphatic carbocycles. The largest absolute Gasteiger partial charge is 0.469 e. The molecule has 3 rings (SSSR count). The number of benzene rings is 1. The van der Waals surface area contributed by atoms with E-state index in [1.807, 2.05) is 19.2 Å². The molecule has 0 spiro atoms. The number of hydrogen-bond donors (Lipinski definition) is 2. The van der Waals surface area contributed by atoms with Gasteiger partial charge in [0.1, 0.15) is 0 Å². The van der Waals surface area contributed by atoms with E-state index in [0.717, 1.165) is 51.4 Å². The summed E-state index contributed by atoms with van der Waals surface area (Å²) < 4.78 is 11.1. The van der Waals surface area contributed by atoms with Crippen LogP contribution in [0.5, 0.6) is 0 Å². The molecule has 1 aromatic rings. The molecule has 2 unspecified atom stereocenters. The Labute approximate surface area is 205 Å². The van der Waals surface area contributed by atoms with E-state index >= 15 is 0 Å². The highest BCUT2D eigenvalue weighted by Gasteiger charge is 2.48. The van der Waals surface area contributed by atoms with Gasteiger partial charge < -0.3 is 20.5 Å². The summed E-state index contributed by atoms with van der Waals surface area (Å²) in [7, 11) is 3.30. The summed E-state index contributed by atoms with van der Waals surface area (Å²) in [4.78, 5) is 24.1. The van der Waals surface area contributed by atoms with Crippen molar-refractivity contribution in [2.24, 2.45) is 17.6 Å². The van der Waals surface area contributed by atoms with Crippen molar-refractivity contribution in [3.8, 4) is 0 Å². The molecule has 190 valence electrons. The summed E-state index contributed by atoms with van der Waals surface area (Å²) in [5.41, 5.74) is 8.58. The SMILES string of the molecule is CCC(CC1CCC[C@H](N[C@@H]2[C@@H](OC)Cc3ccc(C(N)=O)cc3C2(CC)CC)C1)C(=O)OC. The summed E-state index contributed by atoms with van der Waals surface area (Å²) >= 11 is 0. The molecule has 6 nitrogen and oxygen atoms in total. The van der Waals surface area contributed by atoms with Gasteiger partial charge in [0.2, 0.25) is 5.91 Å². The normalized spacial score (nSPS) is 27.0. The predicted octanol–water partition coefficient (Wildman–Crippen LogP) is 4.52. The molecule has 0 heterocycles. The van der Waals surface area contributed by atoms with Crippen molar-refractivity contribution in [2.75, 3.05) is 14.2 Å². The average molecular weight is 473 g/mol. The van der Waals surface area contributed by atoms with Crippen molar-refractivity contribution >= 4 is 11.9 Å². The highest BCUT2D eigenvalue weighted by molar-refractivity contribution is 5.93. The number of primary amides is 1. The number of hydrogen-bond acceptors (Lipinski definition) is 5. The first-order chi connectivity index (χ1) is 16.3. The number of amides is 1. The van der Waals surface area contributed by atoms with Crippen molar-refractivity contribution in [1.82, 2.24) is 5.32 Å². The maximum absolute atomic E-state index is 12.2. The minimum absolute atomic E-state index is 0.0142. The molecule has 6 heteroatoms. The van der Waals surface area contributed by atoms with Crippen LogP contribution in [0.15, 0.2) is 18.2 Å². The lowest BCUT2D eigenvalue weighted by Gasteiger charge is -2.50. The number of methoxy groups -OCH3 is 2. The zero-order chi connectivity index (χ0) is 24.9. The van der Waals surface area contributed by atoms with Crippen LogP contribution in [0.25, 0.3) is 0 Å². The van der Waals surface area contributed by atoms with Crippen LogP contribution in [0.1, 0.15) is 93.6 Å². The quantitative estimate of drug-likeness (QED) is 0.489. The van der Waals surface area contributed by atoms with Crippen molar-refractivity contribution in [3.05, 3.63) is 34.9 Å². The van der Waals surface area contributed by atoms with Crippen molar-refractivity contribution in [1.29, 1.82) is 0 Å². The Morgan fingerprint density at radius 1 is 1.18 bits per heavy atom. The lowest BCUT2D eigenvalue weighted by molar-refractivity contribution is -0.146. The molecule has 0 aliphatic heterocycles. The lowest BCUT2D eigenvalue weighted by Crippen LogP contribution is -2.61. The fourth-order valence-corrected chi connectivity index (χ4v) is 6.70. The number of nitrogens with one attached hydrogen (secondary N) is 1. The number of nitrogens with two attached hydrogens (primary N) is 1. The average Bonchev–Trinajstić information content (AvgIpc) is 2.86. The van der Waals surface area contributed by atoms with Crippen LogP contribution < -0.4 is 11.1 Å². The fraction of sp³-hybridized carbons (Fsp3) is 0.714. The maximum atomic E-state index is 12.2. The smallest absolute Gasteiger partial charge is 0.308 e. The molecule has 0 saturated heterocycles. The van der Waals surface area contributed by atoms with Crippen LogP contribution in [0.2, 0.25) is 0 Å². The summed E-state index contributed by atoms with van der Waals surface area (Å²) in [5.74, 6) is 0.0431. The Kier molecular flexibility index (Phi) is 9.16. The van der Waals surface area contributed by atoms with Crippen LogP contribution in [0, 0.1) is 11.8 Å². The van der Waals surface area contributed by atoms with Gasteiger partial charge in [-0.15, -0.1) is 0 Å². The Bertz CT molecular complexity index is 851. The minimum Gasteiger partial charge on any atom is -0.469 e. The number of ether oxygens (including phenoxy) is 2. The van der Waals surface area contributed by atoms with E-state index in [2.05, 4.69) is 32.2 Å². The first-order valence-electron chi connectivity index (χ1n) is 13.1. The molecule has 1 amide bonds. The van der Waals surface area contributed by atoms with Gasteiger partial charge in [-0.3, -0.25) is 9.59 Å². The lowest BCUT2D eigenvalue weighted by atomic mass is 9.62. The zero-order valence-corrected chi connectivity index (χ0v) is 21.7. The Morgan fingerprint density at radius 2 is 1.91 bits per heavy atom. The molecular formula is C28H44N2O4. The molecule has 0 radical (unpaired) electrons. The van der Waals surface area contributed by atoms with E-state index in [9.17, 15) is 9.59 Å². The summed E-state index contributed by atoms with van der Waals surface area (Å²) in [6.45, 7) is 6.55. The monoisotopic (exact) mass is 472 g/mol. The van der Waals surface area contributed by atoms with Gasteiger partial charge in [0, 0.05) is 36.6 Å².